The summed E-state index contributed by atoms with van der Waals surface area (Å²) >= 11 is 0. The van der Waals surface area contributed by atoms with E-state index in [-0.39, 0.29) is 12.3 Å². The number of ether oxygens (including phenoxy) is 1. The molecule has 1 atom stereocenters. The van der Waals surface area contributed by atoms with Crippen molar-refractivity contribution in [1.82, 2.24) is 5.32 Å². The van der Waals surface area contributed by atoms with Gasteiger partial charge in [-0.2, -0.15) is 0 Å². The molecule has 5 nitrogen and oxygen atoms in total. The van der Waals surface area contributed by atoms with Crippen LogP contribution in [0.3, 0.4) is 0 Å². The minimum atomic E-state index is -1.05. The van der Waals surface area contributed by atoms with Gasteiger partial charge in [0.2, 0.25) is 5.91 Å². The van der Waals surface area contributed by atoms with E-state index < -0.39 is 12.0 Å². The Balaban J connectivity index is 2.65. The summed E-state index contributed by atoms with van der Waals surface area (Å²) in [5.41, 5.74) is 0.818. The third kappa shape index (κ3) is 6.79. The molecule has 1 aromatic carbocycles. The number of hydrogen-bond acceptors (Lipinski definition) is 3. The molecule has 2 N–H and O–H groups in total. The van der Waals surface area contributed by atoms with E-state index in [4.69, 9.17) is 9.84 Å². The molecule has 0 aromatic heterocycles. The highest BCUT2D eigenvalue weighted by molar-refractivity contribution is 5.82. The van der Waals surface area contributed by atoms with Gasteiger partial charge in [0.05, 0.1) is 6.61 Å². The summed E-state index contributed by atoms with van der Waals surface area (Å²) in [6.45, 7) is 6.20. The average Bonchev–Trinajstić information content (AvgIpc) is 2.37. The number of carbonyl (C=O) groups is 2. The van der Waals surface area contributed by atoms with Gasteiger partial charge in [-0.25, -0.2) is 4.79 Å². The lowest BCUT2D eigenvalue weighted by Crippen LogP contribution is -2.41. The van der Waals surface area contributed by atoms with Crippen LogP contribution in [0.5, 0.6) is 5.75 Å². The van der Waals surface area contributed by atoms with Crippen molar-refractivity contribution in [3.8, 4) is 5.75 Å². The quantitative estimate of drug-likeness (QED) is 0.770. The van der Waals surface area contributed by atoms with Gasteiger partial charge in [-0.15, -0.1) is 0 Å². The molecular weight excluding hydrogens is 270 g/mol. The molecule has 0 saturated heterocycles. The molecule has 116 valence electrons. The molecule has 21 heavy (non-hydrogen) atoms. The largest absolute Gasteiger partial charge is 0.494 e. The molecule has 0 heterocycles. The number of carbonyl (C=O) groups excluding carboxylic acids is 1. The zero-order valence-electron chi connectivity index (χ0n) is 12.8. The molecule has 1 amide bonds. The van der Waals surface area contributed by atoms with Gasteiger partial charge in [0.1, 0.15) is 11.8 Å². The highest BCUT2D eigenvalue weighted by atomic mass is 16.5. The summed E-state index contributed by atoms with van der Waals surface area (Å²) in [7, 11) is 0. The third-order valence-electron chi connectivity index (χ3n) is 2.98. The second-order valence-corrected chi connectivity index (χ2v) is 5.47. The van der Waals surface area contributed by atoms with Gasteiger partial charge in [-0.3, -0.25) is 4.79 Å². The Bertz CT molecular complexity index is 485. The van der Waals surface area contributed by atoms with Crippen LogP contribution in [0.15, 0.2) is 24.3 Å². The molecule has 0 aliphatic rings. The summed E-state index contributed by atoms with van der Waals surface area (Å²) < 4.78 is 5.65. The Kier molecular flexibility index (Phi) is 6.72. The maximum absolute atomic E-state index is 11.1. The van der Waals surface area contributed by atoms with E-state index >= 15 is 0 Å². The van der Waals surface area contributed by atoms with Gasteiger partial charge in [0.25, 0.3) is 0 Å². The van der Waals surface area contributed by atoms with Gasteiger partial charge in [-0.05, 0) is 30.0 Å². The minimum Gasteiger partial charge on any atom is -0.494 e. The fourth-order valence-corrected chi connectivity index (χ4v) is 1.86. The molecular formula is C16H23NO4. The standard InChI is InChI=1S/C16H23NO4/c1-11(2)7-8-21-14-6-4-5-13(9-14)10-15(16(19)20)17-12(3)18/h4-6,9,11,15H,7-8,10H2,1-3H3,(H,17,18)(H,19,20). The van der Waals surface area contributed by atoms with E-state index in [0.29, 0.717) is 12.5 Å². The molecule has 0 fully saturated rings. The van der Waals surface area contributed by atoms with Gasteiger partial charge < -0.3 is 15.2 Å². The van der Waals surface area contributed by atoms with Crippen LogP contribution < -0.4 is 10.1 Å². The maximum atomic E-state index is 11.1. The van der Waals surface area contributed by atoms with Crippen LogP contribution in [0.1, 0.15) is 32.8 Å². The van der Waals surface area contributed by atoms with Crippen LogP contribution in [0.25, 0.3) is 0 Å². The maximum Gasteiger partial charge on any atom is 0.326 e. The molecule has 1 aromatic rings. The summed E-state index contributed by atoms with van der Waals surface area (Å²) in [4.78, 5) is 22.1. The number of amides is 1. The van der Waals surface area contributed by atoms with Crippen LogP contribution in [0.2, 0.25) is 0 Å². The van der Waals surface area contributed by atoms with E-state index in [1.165, 1.54) is 6.92 Å². The van der Waals surface area contributed by atoms with E-state index in [2.05, 4.69) is 19.2 Å². The number of carboxylic acid groups (broad SMARTS) is 1. The number of aliphatic carboxylic acids is 1. The van der Waals surface area contributed by atoms with Crippen molar-refractivity contribution in [3.05, 3.63) is 29.8 Å². The zero-order chi connectivity index (χ0) is 15.8. The molecule has 1 unspecified atom stereocenters. The van der Waals surface area contributed by atoms with Gasteiger partial charge in [0, 0.05) is 13.3 Å². The Morgan fingerprint density at radius 3 is 2.62 bits per heavy atom. The van der Waals surface area contributed by atoms with Crippen molar-refractivity contribution in [2.75, 3.05) is 6.61 Å². The zero-order valence-corrected chi connectivity index (χ0v) is 12.8. The fourth-order valence-electron chi connectivity index (χ4n) is 1.86. The highest BCUT2D eigenvalue weighted by Crippen LogP contribution is 2.16. The first-order valence-electron chi connectivity index (χ1n) is 7.10. The highest BCUT2D eigenvalue weighted by Gasteiger charge is 2.18. The molecule has 0 aliphatic carbocycles. The minimum absolute atomic E-state index is 0.232. The fraction of sp³-hybridized carbons (Fsp3) is 0.500. The van der Waals surface area contributed by atoms with Gasteiger partial charge >= 0.3 is 5.97 Å². The number of carboxylic acids is 1. The molecule has 0 spiro atoms. The lowest BCUT2D eigenvalue weighted by molar-refractivity contribution is -0.141. The molecule has 1 rings (SSSR count). The van der Waals surface area contributed by atoms with Crippen molar-refractivity contribution in [3.63, 3.8) is 0 Å². The first-order chi connectivity index (χ1) is 9.88. The van der Waals surface area contributed by atoms with Crippen molar-refractivity contribution in [1.29, 1.82) is 0 Å². The Hall–Kier alpha value is -2.04. The molecule has 0 bridgehead atoms. The van der Waals surface area contributed by atoms with Crippen molar-refractivity contribution in [2.45, 2.75) is 39.7 Å². The Morgan fingerprint density at radius 1 is 1.33 bits per heavy atom. The molecule has 0 aliphatic heterocycles. The second-order valence-electron chi connectivity index (χ2n) is 5.47. The third-order valence-corrected chi connectivity index (χ3v) is 2.98. The van der Waals surface area contributed by atoms with Crippen LogP contribution in [-0.2, 0) is 16.0 Å². The van der Waals surface area contributed by atoms with Crippen molar-refractivity contribution >= 4 is 11.9 Å². The van der Waals surface area contributed by atoms with Crippen LogP contribution in [0.4, 0.5) is 0 Å². The van der Waals surface area contributed by atoms with Crippen LogP contribution in [-0.4, -0.2) is 29.6 Å². The second kappa shape index (κ2) is 8.29. The van der Waals surface area contributed by atoms with E-state index in [1.807, 2.05) is 24.3 Å². The van der Waals surface area contributed by atoms with E-state index in [0.717, 1.165) is 17.7 Å². The van der Waals surface area contributed by atoms with E-state index in [9.17, 15) is 9.59 Å². The van der Waals surface area contributed by atoms with Crippen molar-refractivity contribution in [2.24, 2.45) is 5.92 Å². The number of benzene rings is 1. The van der Waals surface area contributed by atoms with Crippen LogP contribution in [0, 0.1) is 5.92 Å². The monoisotopic (exact) mass is 293 g/mol. The first kappa shape index (κ1) is 17.0. The summed E-state index contributed by atoms with van der Waals surface area (Å²) in [6.07, 6.45) is 1.20. The molecule has 0 saturated carbocycles. The number of hydrogen-bond donors (Lipinski definition) is 2. The SMILES string of the molecule is CC(=O)NC(Cc1cccc(OCCC(C)C)c1)C(=O)O. The van der Waals surface area contributed by atoms with Crippen LogP contribution >= 0.6 is 0 Å². The smallest absolute Gasteiger partial charge is 0.326 e. The molecule has 5 heteroatoms. The Labute approximate surface area is 125 Å². The average molecular weight is 293 g/mol. The van der Waals surface area contributed by atoms with Gasteiger partial charge in [-0.1, -0.05) is 26.0 Å². The lowest BCUT2D eigenvalue weighted by atomic mass is 10.1. The predicted molar refractivity (Wildman–Crippen MR) is 80.3 cm³/mol. The predicted octanol–water partition coefficient (Wildman–Crippen LogP) is 2.24. The topological polar surface area (TPSA) is 75.6 Å². The Morgan fingerprint density at radius 2 is 2.05 bits per heavy atom. The summed E-state index contributed by atoms with van der Waals surface area (Å²) in [5.74, 6) is -0.104. The first-order valence-corrected chi connectivity index (χ1v) is 7.10. The van der Waals surface area contributed by atoms with E-state index in [1.54, 1.807) is 0 Å². The van der Waals surface area contributed by atoms with Crippen molar-refractivity contribution < 1.29 is 19.4 Å². The normalized spacial score (nSPS) is 12.0. The molecule has 0 radical (unpaired) electrons. The summed E-state index contributed by atoms with van der Waals surface area (Å²) in [5, 5.41) is 11.5. The summed E-state index contributed by atoms with van der Waals surface area (Å²) in [6, 6.07) is 6.39. The van der Waals surface area contributed by atoms with Gasteiger partial charge in [0.15, 0.2) is 0 Å². The number of rotatable bonds is 8. The number of nitrogens with one attached hydrogen (secondary N) is 1. The lowest BCUT2D eigenvalue weighted by Gasteiger charge is -2.14.